The van der Waals surface area contributed by atoms with Crippen LogP contribution in [0.3, 0.4) is 0 Å². The second-order valence-corrected chi connectivity index (χ2v) is 7.98. The summed E-state index contributed by atoms with van der Waals surface area (Å²) in [5.74, 6) is -0.00853. The van der Waals surface area contributed by atoms with Crippen molar-refractivity contribution in [3.8, 4) is 0 Å². The van der Waals surface area contributed by atoms with Gasteiger partial charge in [0, 0.05) is 18.9 Å². The largest absolute Gasteiger partial charge is 0.328 e. The monoisotopic (exact) mass is 395 g/mol. The molecule has 0 bridgehead atoms. The van der Waals surface area contributed by atoms with E-state index in [4.69, 9.17) is 4.99 Å². The number of urea groups is 1. The topological polar surface area (TPSA) is 76.5 Å². The van der Waals surface area contributed by atoms with Crippen LogP contribution in [-0.4, -0.2) is 63.7 Å². The van der Waals surface area contributed by atoms with Crippen molar-refractivity contribution in [2.75, 3.05) is 11.9 Å². The van der Waals surface area contributed by atoms with Crippen LogP contribution < -0.4 is 4.90 Å². The third kappa shape index (κ3) is 2.66. The van der Waals surface area contributed by atoms with Gasteiger partial charge in [-0.3, -0.25) is 19.4 Å². The van der Waals surface area contributed by atoms with Crippen molar-refractivity contribution in [1.82, 2.24) is 14.7 Å². The molecule has 3 heterocycles. The molecule has 0 saturated carbocycles. The molecule has 29 heavy (non-hydrogen) atoms. The summed E-state index contributed by atoms with van der Waals surface area (Å²) in [5.41, 5.74) is 4.14. The van der Waals surface area contributed by atoms with Crippen LogP contribution in [-0.2, 0) is 9.59 Å². The number of nitrogens with zero attached hydrogens (tertiary/aromatic N) is 5. The van der Waals surface area contributed by atoms with Crippen LogP contribution in [0.25, 0.3) is 0 Å². The number of allylic oxidation sites excluding steroid dienone is 1. The number of aliphatic imine (C=N–C) groups is 1. The number of Topliss-reactive ketones (excluding diaryl/α,β-unsaturated/α-hetero) is 1. The summed E-state index contributed by atoms with van der Waals surface area (Å²) in [5, 5.41) is 0. The highest BCUT2D eigenvalue weighted by Crippen LogP contribution is 2.38. The molecule has 3 aliphatic heterocycles. The zero-order valence-corrected chi connectivity index (χ0v) is 17.5. The van der Waals surface area contributed by atoms with Gasteiger partial charge in [0.05, 0.1) is 11.7 Å². The number of aryl methyl sites for hydroxylation is 2. The van der Waals surface area contributed by atoms with Crippen molar-refractivity contribution in [3.05, 3.63) is 41.2 Å². The molecule has 0 radical (unpaired) electrons. The maximum absolute atomic E-state index is 13.3. The Labute approximate surface area is 170 Å². The van der Waals surface area contributed by atoms with Crippen molar-refractivity contribution in [2.24, 2.45) is 4.99 Å². The number of ketones is 1. The van der Waals surface area contributed by atoms with Gasteiger partial charge in [0.2, 0.25) is 5.96 Å². The Balaban J connectivity index is 1.76. The third-order valence-corrected chi connectivity index (χ3v) is 5.92. The number of carbonyl (C=O) groups is 3. The fourth-order valence-electron chi connectivity index (χ4n) is 4.11. The summed E-state index contributed by atoms with van der Waals surface area (Å²) < 4.78 is 0. The van der Waals surface area contributed by atoms with Crippen LogP contribution in [0.4, 0.5) is 10.5 Å². The number of imide groups is 1. The molecule has 0 aliphatic carbocycles. The third-order valence-electron chi connectivity index (χ3n) is 5.92. The van der Waals surface area contributed by atoms with Crippen molar-refractivity contribution >= 4 is 29.4 Å². The number of benzene rings is 1. The zero-order chi connectivity index (χ0) is 21.2. The molecule has 0 N–H and O–H groups in total. The molecule has 152 valence electrons. The smallest absolute Gasteiger partial charge is 0.302 e. The van der Waals surface area contributed by atoms with Crippen LogP contribution in [0.15, 0.2) is 35.1 Å². The number of rotatable bonds is 3. The van der Waals surface area contributed by atoms with Gasteiger partial charge in [-0.1, -0.05) is 12.1 Å². The Morgan fingerprint density at radius 3 is 2.52 bits per heavy atom. The van der Waals surface area contributed by atoms with Gasteiger partial charge in [-0.25, -0.2) is 9.79 Å². The van der Waals surface area contributed by atoms with Gasteiger partial charge in [-0.2, -0.15) is 0 Å². The lowest BCUT2D eigenvalue weighted by Crippen LogP contribution is -2.66. The number of guanidine groups is 1. The fraction of sp³-hybridized carbons (Fsp3) is 0.429. The van der Waals surface area contributed by atoms with Gasteiger partial charge in [0.15, 0.2) is 18.0 Å². The van der Waals surface area contributed by atoms with Gasteiger partial charge in [-0.15, -0.1) is 0 Å². The first-order valence-electron chi connectivity index (χ1n) is 9.65. The van der Waals surface area contributed by atoms with Crippen LogP contribution >= 0.6 is 0 Å². The second kappa shape index (κ2) is 6.43. The Morgan fingerprint density at radius 2 is 1.86 bits per heavy atom. The molecule has 8 nitrogen and oxygen atoms in total. The van der Waals surface area contributed by atoms with Gasteiger partial charge < -0.3 is 9.80 Å². The number of carbonyl (C=O) groups excluding carboxylic acids is 3. The molecule has 3 atom stereocenters. The molecule has 0 aromatic heterocycles. The predicted molar refractivity (Wildman–Crippen MR) is 109 cm³/mol. The molecule has 1 aromatic rings. The number of hydrogen-bond donors (Lipinski definition) is 0. The Kier molecular flexibility index (Phi) is 4.25. The van der Waals surface area contributed by atoms with E-state index in [1.54, 1.807) is 14.0 Å². The number of likely N-dealkylation sites (N-methyl/N-ethyl adjacent to an activating group) is 1. The minimum absolute atomic E-state index is 0.233. The first kappa shape index (κ1) is 19.2. The summed E-state index contributed by atoms with van der Waals surface area (Å²) in [6, 6.07) is 4.20. The van der Waals surface area contributed by atoms with E-state index in [0.717, 1.165) is 27.4 Å². The van der Waals surface area contributed by atoms with Gasteiger partial charge in [0.1, 0.15) is 0 Å². The minimum atomic E-state index is -0.815. The highest BCUT2D eigenvalue weighted by atomic mass is 16.2. The number of fused-ring (bicyclic) bond motifs is 3. The van der Waals surface area contributed by atoms with E-state index in [-0.39, 0.29) is 5.78 Å². The van der Waals surface area contributed by atoms with E-state index in [9.17, 15) is 14.4 Å². The SMILES string of the molecule is CC(=O)C(C)N1C(=O)C2C(N=C3N(c4cc(C)ccc4C)C(C)=CN32)N(C)C1=O. The second-order valence-electron chi connectivity index (χ2n) is 7.98. The number of amides is 3. The molecule has 4 rings (SSSR count). The van der Waals surface area contributed by atoms with Gasteiger partial charge >= 0.3 is 6.03 Å². The van der Waals surface area contributed by atoms with Crippen molar-refractivity contribution < 1.29 is 14.4 Å². The molecule has 0 spiro atoms. The summed E-state index contributed by atoms with van der Waals surface area (Å²) in [4.78, 5) is 49.1. The molecule has 3 aliphatic rings. The lowest BCUT2D eigenvalue weighted by Gasteiger charge is -2.41. The van der Waals surface area contributed by atoms with E-state index < -0.39 is 30.2 Å². The quantitative estimate of drug-likeness (QED) is 0.784. The Morgan fingerprint density at radius 1 is 1.17 bits per heavy atom. The van der Waals surface area contributed by atoms with Crippen LogP contribution in [0, 0.1) is 13.8 Å². The lowest BCUT2D eigenvalue weighted by molar-refractivity contribution is -0.142. The molecule has 1 aromatic carbocycles. The Bertz CT molecular complexity index is 998. The predicted octanol–water partition coefficient (Wildman–Crippen LogP) is 2.22. The maximum Gasteiger partial charge on any atom is 0.328 e. The van der Waals surface area contributed by atoms with Gasteiger partial charge in [-0.05, 0) is 51.8 Å². The standard InChI is InChI=1S/C21H25N5O3/c1-11-7-8-12(2)16(9-11)25-13(3)10-24-17-18(22-20(24)25)23(6)21(29)26(19(17)28)14(4)15(5)27/h7-10,14,17-18H,1-6H3. The van der Waals surface area contributed by atoms with Crippen LogP contribution in [0.2, 0.25) is 0 Å². The number of hydrogen-bond acceptors (Lipinski definition) is 6. The van der Waals surface area contributed by atoms with Crippen LogP contribution in [0.1, 0.15) is 31.9 Å². The van der Waals surface area contributed by atoms with E-state index in [0.29, 0.717) is 5.96 Å². The summed E-state index contributed by atoms with van der Waals surface area (Å²) >= 11 is 0. The van der Waals surface area contributed by atoms with E-state index in [1.807, 2.05) is 36.8 Å². The van der Waals surface area contributed by atoms with E-state index in [1.165, 1.54) is 11.8 Å². The molecule has 1 saturated heterocycles. The Hall–Kier alpha value is -3.16. The first-order chi connectivity index (χ1) is 13.6. The summed E-state index contributed by atoms with van der Waals surface area (Å²) in [7, 11) is 1.62. The molecular weight excluding hydrogens is 370 g/mol. The molecular formula is C21H25N5O3. The fourth-order valence-corrected chi connectivity index (χ4v) is 4.11. The molecule has 3 unspecified atom stereocenters. The van der Waals surface area contributed by atoms with Crippen molar-refractivity contribution in [2.45, 2.75) is 52.9 Å². The van der Waals surface area contributed by atoms with E-state index in [2.05, 4.69) is 18.2 Å². The number of anilines is 1. The highest BCUT2D eigenvalue weighted by Gasteiger charge is 2.55. The normalized spacial score (nSPS) is 24.5. The lowest BCUT2D eigenvalue weighted by atomic mass is 10.1. The summed E-state index contributed by atoms with van der Waals surface area (Å²) in [6.07, 6.45) is 1.26. The molecule has 3 amide bonds. The van der Waals surface area contributed by atoms with Gasteiger partial charge in [0.25, 0.3) is 5.91 Å². The van der Waals surface area contributed by atoms with Crippen molar-refractivity contribution in [1.29, 1.82) is 0 Å². The minimum Gasteiger partial charge on any atom is -0.302 e. The average Bonchev–Trinajstić information content (AvgIpc) is 3.16. The van der Waals surface area contributed by atoms with Crippen LogP contribution in [0.5, 0.6) is 0 Å². The van der Waals surface area contributed by atoms with E-state index >= 15 is 0 Å². The maximum atomic E-state index is 13.3. The highest BCUT2D eigenvalue weighted by molar-refractivity contribution is 6.11. The summed E-state index contributed by atoms with van der Waals surface area (Å²) in [6.45, 7) is 9.00. The molecule has 1 fully saturated rings. The first-order valence-corrected chi connectivity index (χ1v) is 9.65. The van der Waals surface area contributed by atoms with Crippen molar-refractivity contribution in [3.63, 3.8) is 0 Å². The average molecular weight is 395 g/mol. The molecule has 8 heteroatoms. The zero-order valence-electron chi connectivity index (χ0n) is 17.5.